The molecule has 0 aliphatic carbocycles. The molecule has 0 fully saturated rings. The first-order valence-electron chi connectivity index (χ1n) is 6.97. The third-order valence-corrected chi connectivity index (χ3v) is 4.43. The van der Waals surface area contributed by atoms with E-state index in [-0.39, 0.29) is 5.56 Å². The summed E-state index contributed by atoms with van der Waals surface area (Å²) in [7, 11) is 0. The van der Waals surface area contributed by atoms with Crippen LogP contribution in [0.2, 0.25) is 0 Å². The van der Waals surface area contributed by atoms with Gasteiger partial charge in [0, 0.05) is 24.2 Å². The van der Waals surface area contributed by atoms with Crippen LogP contribution in [0, 0.1) is 0 Å². The highest BCUT2D eigenvalue weighted by Gasteiger charge is 2.12. The summed E-state index contributed by atoms with van der Waals surface area (Å²) in [6.07, 6.45) is 6.66. The summed E-state index contributed by atoms with van der Waals surface area (Å²) in [4.78, 5) is 29.7. The van der Waals surface area contributed by atoms with Gasteiger partial charge < -0.3 is 0 Å². The van der Waals surface area contributed by atoms with Crippen LogP contribution in [0.1, 0.15) is 5.69 Å². The van der Waals surface area contributed by atoms with Crippen LogP contribution in [-0.2, 0) is 6.54 Å². The number of pyridine rings is 2. The predicted octanol–water partition coefficient (Wildman–Crippen LogP) is 2.36. The van der Waals surface area contributed by atoms with Crippen molar-refractivity contribution in [3.63, 3.8) is 0 Å². The van der Waals surface area contributed by atoms with Gasteiger partial charge >= 0.3 is 0 Å². The summed E-state index contributed by atoms with van der Waals surface area (Å²) in [5.41, 5.74) is 2.06. The zero-order chi connectivity index (χ0) is 15.6. The van der Waals surface area contributed by atoms with Gasteiger partial charge in [0.1, 0.15) is 16.0 Å². The van der Waals surface area contributed by atoms with E-state index in [0.29, 0.717) is 16.9 Å². The highest BCUT2D eigenvalue weighted by atomic mass is 32.1. The molecule has 4 aromatic rings. The molecule has 0 atom stereocenters. The molecule has 6 nitrogen and oxygen atoms in total. The maximum atomic E-state index is 12.6. The standard InChI is InChI=1S/C16H11N5OS/c22-16-13-14(20-15(23-13)11-4-3-6-17-8-11)19-10-21(16)9-12-5-1-2-7-18-12/h1-8,10H,9H2. The number of hydrogen-bond acceptors (Lipinski definition) is 6. The molecular formula is C16H11N5OS. The lowest BCUT2D eigenvalue weighted by molar-refractivity contribution is 0.730. The van der Waals surface area contributed by atoms with E-state index in [1.165, 1.54) is 17.7 Å². The third-order valence-electron chi connectivity index (χ3n) is 3.35. The smallest absolute Gasteiger partial charge is 0.273 e. The molecule has 0 unspecified atom stereocenters. The van der Waals surface area contributed by atoms with Gasteiger partial charge in [-0.1, -0.05) is 6.07 Å². The Morgan fingerprint density at radius 3 is 2.83 bits per heavy atom. The molecular weight excluding hydrogens is 310 g/mol. The molecule has 4 rings (SSSR count). The summed E-state index contributed by atoms with van der Waals surface area (Å²) in [6, 6.07) is 9.37. The van der Waals surface area contributed by atoms with Crippen LogP contribution in [0.4, 0.5) is 0 Å². The monoisotopic (exact) mass is 321 g/mol. The van der Waals surface area contributed by atoms with E-state index in [2.05, 4.69) is 19.9 Å². The average Bonchev–Trinajstić information content (AvgIpc) is 3.04. The van der Waals surface area contributed by atoms with E-state index in [0.717, 1.165) is 16.3 Å². The quantitative estimate of drug-likeness (QED) is 0.579. The van der Waals surface area contributed by atoms with E-state index in [4.69, 9.17) is 0 Å². The summed E-state index contributed by atoms with van der Waals surface area (Å²) in [6.45, 7) is 0.392. The van der Waals surface area contributed by atoms with Crippen molar-refractivity contribution in [3.8, 4) is 10.6 Å². The highest BCUT2D eigenvalue weighted by Crippen LogP contribution is 2.26. The summed E-state index contributed by atoms with van der Waals surface area (Å²) in [5.74, 6) is 0. The molecule has 0 amide bonds. The van der Waals surface area contributed by atoms with Crippen molar-refractivity contribution >= 4 is 21.7 Å². The molecule has 0 aliphatic rings. The Hall–Kier alpha value is -2.93. The first-order valence-corrected chi connectivity index (χ1v) is 7.79. The lowest BCUT2D eigenvalue weighted by atomic mass is 10.3. The van der Waals surface area contributed by atoms with Crippen LogP contribution in [0.15, 0.2) is 60.0 Å². The minimum Gasteiger partial charge on any atom is -0.292 e. The molecule has 0 radical (unpaired) electrons. The molecule has 0 N–H and O–H groups in total. The maximum absolute atomic E-state index is 12.6. The average molecular weight is 321 g/mol. The molecule has 4 heterocycles. The van der Waals surface area contributed by atoms with Crippen LogP contribution in [0.5, 0.6) is 0 Å². The van der Waals surface area contributed by atoms with Crippen LogP contribution in [0.3, 0.4) is 0 Å². The first kappa shape index (κ1) is 13.7. The Bertz CT molecular complexity index is 1010. The zero-order valence-corrected chi connectivity index (χ0v) is 12.8. The van der Waals surface area contributed by atoms with E-state index < -0.39 is 0 Å². The lowest BCUT2D eigenvalue weighted by Crippen LogP contribution is -2.20. The van der Waals surface area contributed by atoms with Crippen molar-refractivity contribution in [2.24, 2.45) is 0 Å². The predicted molar refractivity (Wildman–Crippen MR) is 88.2 cm³/mol. The van der Waals surface area contributed by atoms with Gasteiger partial charge in [0.15, 0.2) is 5.65 Å². The second-order valence-corrected chi connectivity index (χ2v) is 5.91. The Kier molecular flexibility index (Phi) is 3.39. The molecule has 0 saturated carbocycles. The van der Waals surface area contributed by atoms with Gasteiger partial charge in [-0.15, -0.1) is 11.3 Å². The van der Waals surface area contributed by atoms with Crippen molar-refractivity contribution in [3.05, 3.63) is 71.3 Å². The molecule has 0 spiro atoms. The van der Waals surface area contributed by atoms with E-state index in [9.17, 15) is 4.79 Å². The first-order chi connectivity index (χ1) is 11.3. The minimum absolute atomic E-state index is 0.103. The fourth-order valence-corrected chi connectivity index (χ4v) is 3.20. The third kappa shape index (κ3) is 2.62. The van der Waals surface area contributed by atoms with Crippen molar-refractivity contribution in [1.82, 2.24) is 24.5 Å². The summed E-state index contributed by atoms with van der Waals surface area (Å²) >= 11 is 1.33. The van der Waals surface area contributed by atoms with Gasteiger partial charge in [-0.05, 0) is 24.3 Å². The Morgan fingerprint density at radius 2 is 2.04 bits per heavy atom. The Morgan fingerprint density at radius 1 is 1.09 bits per heavy atom. The summed E-state index contributed by atoms with van der Waals surface area (Å²) in [5, 5.41) is 0.744. The molecule has 7 heteroatoms. The van der Waals surface area contributed by atoms with Gasteiger partial charge in [-0.2, -0.15) is 0 Å². The topological polar surface area (TPSA) is 73.6 Å². The van der Waals surface area contributed by atoms with Crippen molar-refractivity contribution < 1.29 is 0 Å². The van der Waals surface area contributed by atoms with Crippen molar-refractivity contribution in [2.75, 3.05) is 0 Å². The maximum Gasteiger partial charge on any atom is 0.273 e. The van der Waals surface area contributed by atoms with Crippen LogP contribution in [0.25, 0.3) is 20.9 Å². The molecule has 0 saturated heterocycles. The van der Waals surface area contributed by atoms with Crippen LogP contribution >= 0.6 is 11.3 Å². The number of thiazole rings is 1. The van der Waals surface area contributed by atoms with Gasteiger partial charge in [-0.3, -0.25) is 19.3 Å². The van der Waals surface area contributed by atoms with Crippen LogP contribution in [-0.4, -0.2) is 24.5 Å². The zero-order valence-electron chi connectivity index (χ0n) is 12.0. The van der Waals surface area contributed by atoms with E-state index >= 15 is 0 Å². The minimum atomic E-state index is -0.103. The number of rotatable bonds is 3. The molecule has 4 aromatic heterocycles. The van der Waals surface area contributed by atoms with E-state index in [1.807, 2.05) is 30.3 Å². The lowest BCUT2D eigenvalue weighted by Gasteiger charge is -2.03. The van der Waals surface area contributed by atoms with Crippen molar-refractivity contribution in [1.29, 1.82) is 0 Å². The number of aromatic nitrogens is 5. The van der Waals surface area contributed by atoms with Gasteiger partial charge in [0.05, 0.1) is 12.2 Å². The second-order valence-electron chi connectivity index (χ2n) is 4.91. The number of fused-ring (bicyclic) bond motifs is 1. The second kappa shape index (κ2) is 5.69. The SMILES string of the molecule is O=c1c2sc(-c3cccnc3)nc2ncn1Cc1ccccn1. The number of hydrogen-bond donors (Lipinski definition) is 0. The molecule has 112 valence electrons. The fourth-order valence-electron chi connectivity index (χ4n) is 2.24. The molecule has 23 heavy (non-hydrogen) atoms. The fraction of sp³-hybridized carbons (Fsp3) is 0.0625. The van der Waals surface area contributed by atoms with Crippen LogP contribution < -0.4 is 5.56 Å². The number of nitrogens with zero attached hydrogens (tertiary/aromatic N) is 5. The van der Waals surface area contributed by atoms with Crippen molar-refractivity contribution in [2.45, 2.75) is 6.54 Å². The molecule has 0 aliphatic heterocycles. The van der Waals surface area contributed by atoms with Gasteiger partial charge in [0.2, 0.25) is 0 Å². The highest BCUT2D eigenvalue weighted by molar-refractivity contribution is 7.21. The molecule has 0 bridgehead atoms. The Labute approximate surface area is 135 Å². The normalized spacial score (nSPS) is 11.0. The summed E-state index contributed by atoms with van der Waals surface area (Å²) < 4.78 is 2.10. The van der Waals surface area contributed by atoms with Gasteiger partial charge in [-0.25, -0.2) is 9.97 Å². The largest absolute Gasteiger partial charge is 0.292 e. The Balaban J connectivity index is 1.78. The molecule has 0 aromatic carbocycles. The van der Waals surface area contributed by atoms with Gasteiger partial charge in [0.25, 0.3) is 5.56 Å². The van der Waals surface area contributed by atoms with E-state index in [1.54, 1.807) is 23.2 Å².